The van der Waals surface area contributed by atoms with Crippen LogP contribution in [0.2, 0.25) is 0 Å². The number of hydrogen-bond acceptors (Lipinski definition) is 2. The highest BCUT2D eigenvalue weighted by molar-refractivity contribution is 5.96. The fraction of sp³-hybridized carbons (Fsp3) is 0.308. The van der Waals surface area contributed by atoms with Crippen LogP contribution in [0, 0.1) is 5.92 Å². The summed E-state index contributed by atoms with van der Waals surface area (Å²) >= 11 is 0. The molecule has 4 heteroatoms. The van der Waals surface area contributed by atoms with E-state index < -0.39 is 6.03 Å². The van der Waals surface area contributed by atoms with Gasteiger partial charge in [0.2, 0.25) is 0 Å². The topological polar surface area (TPSA) is 72.2 Å². The SMILES string of the molecule is NC(=O)NCC(=O)C(CC1CCCC1)c1ccc(-c2cccc3ccccc23)cc1. The van der Waals surface area contributed by atoms with E-state index >= 15 is 0 Å². The molecule has 3 aromatic carbocycles. The molecular formula is C26H28N2O2. The van der Waals surface area contributed by atoms with Gasteiger partial charge in [-0.25, -0.2) is 4.79 Å². The van der Waals surface area contributed by atoms with E-state index in [1.807, 2.05) is 0 Å². The first-order chi connectivity index (χ1) is 14.6. The fourth-order valence-electron chi connectivity index (χ4n) is 4.70. The molecule has 154 valence electrons. The minimum atomic E-state index is -0.658. The number of primary amides is 1. The van der Waals surface area contributed by atoms with Crippen LogP contribution >= 0.6 is 0 Å². The minimum Gasteiger partial charge on any atom is -0.352 e. The van der Waals surface area contributed by atoms with E-state index in [2.05, 4.69) is 72.0 Å². The number of fused-ring (bicyclic) bond motifs is 1. The van der Waals surface area contributed by atoms with Gasteiger partial charge in [0.25, 0.3) is 0 Å². The first-order valence-corrected chi connectivity index (χ1v) is 10.8. The summed E-state index contributed by atoms with van der Waals surface area (Å²) in [6.07, 6.45) is 5.69. The quantitative estimate of drug-likeness (QED) is 0.557. The average Bonchev–Trinajstić information content (AvgIpc) is 3.29. The molecular weight excluding hydrogens is 372 g/mol. The number of rotatable bonds is 7. The highest BCUT2D eigenvalue weighted by atomic mass is 16.2. The standard InChI is InChI=1S/C26H28N2O2/c27-26(30)28-17-25(29)24(16-18-6-1-2-7-18)21-14-12-20(13-15-21)23-11-5-9-19-8-3-4-10-22(19)23/h3-5,8-15,18,24H,1-2,6-7,16-17H2,(H3,27,28,30). The van der Waals surface area contributed by atoms with Gasteiger partial charge in [-0.3, -0.25) is 4.79 Å². The number of Topliss-reactive ketones (excluding diaryl/α,β-unsaturated/α-hetero) is 1. The second kappa shape index (κ2) is 9.12. The van der Waals surface area contributed by atoms with Crippen molar-refractivity contribution in [3.8, 4) is 11.1 Å². The molecule has 1 aliphatic rings. The molecule has 1 fully saturated rings. The summed E-state index contributed by atoms with van der Waals surface area (Å²) in [6.45, 7) is -0.0161. The van der Waals surface area contributed by atoms with Gasteiger partial charge in [-0.2, -0.15) is 0 Å². The Balaban J connectivity index is 1.61. The van der Waals surface area contributed by atoms with Crippen LogP contribution in [-0.4, -0.2) is 18.4 Å². The smallest absolute Gasteiger partial charge is 0.312 e. The van der Waals surface area contributed by atoms with E-state index in [-0.39, 0.29) is 18.2 Å². The highest BCUT2D eigenvalue weighted by Crippen LogP contribution is 2.36. The Morgan fingerprint density at radius 2 is 1.63 bits per heavy atom. The lowest BCUT2D eigenvalue weighted by atomic mass is 9.84. The lowest BCUT2D eigenvalue weighted by Crippen LogP contribution is -2.36. The van der Waals surface area contributed by atoms with Crippen LogP contribution in [0.15, 0.2) is 66.7 Å². The maximum atomic E-state index is 12.9. The van der Waals surface area contributed by atoms with Crippen LogP contribution in [0.4, 0.5) is 4.79 Å². The molecule has 0 saturated heterocycles. The molecule has 0 radical (unpaired) electrons. The van der Waals surface area contributed by atoms with Crippen molar-refractivity contribution in [1.29, 1.82) is 0 Å². The van der Waals surface area contributed by atoms with Crippen LogP contribution in [0.1, 0.15) is 43.6 Å². The van der Waals surface area contributed by atoms with Crippen molar-refractivity contribution < 1.29 is 9.59 Å². The molecule has 0 heterocycles. The summed E-state index contributed by atoms with van der Waals surface area (Å²) in [7, 11) is 0. The van der Waals surface area contributed by atoms with E-state index in [1.165, 1.54) is 42.0 Å². The van der Waals surface area contributed by atoms with Gasteiger partial charge in [0, 0.05) is 5.92 Å². The van der Waals surface area contributed by atoms with Crippen LogP contribution in [0.5, 0.6) is 0 Å². The Hall–Kier alpha value is -3.14. The van der Waals surface area contributed by atoms with Crippen molar-refractivity contribution in [2.24, 2.45) is 11.7 Å². The zero-order chi connectivity index (χ0) is 20.9. The lowest BCUT2D eigenvalue weighted by molar-refractivity contribution is -0.119. The van der Waals surface area contributed by atoms with Crippen LogP contribution < -0.4 is 11.1 Å². The third-order valence-electron chi connectivity index (χ3n) is 6.28. The van der Waals surface area contributed by atoms with Crippen LogP contribution in [0.3, 0.4) is 0 Å². The molecule has 3 N–H and O–H groups in total. The molecule has 1 unspecified atom stereocenters. The molecule has 0 bridgehead atoms. The van der Waals surface area contributed by atoms with Crippen molar-refractivity contribution in [1.82, 2.24) is 5.32 Å². The number of urea groups is 1. The lowest BCUT2D eigenvalue weighted by Gasteiger charge is -2.20. The Morgan fingerprint density at radius 3 is 2.37 bits per heavy atom. The molecule has 0 aliphatic heterocycles. The maximum Gasteiger partial charge on any atom is 0.312 e. The Morgan fingerprint density at radius 1 is 0.933 bits per heavy atom. The van der Waals surface area contributed by atoms with Crippen molar-refractivity contribution in [2.75, 3.05) is 6.54 Å². The molecule has 1 saturated carbocycles. The second-order valence-electron chi connectivity index (χ2n) is 8.27. The Kier molecular flexibility index (Phi) is 6.12. The normalized spacial score (nSPS) is 15.2. The molecule has 0 spiro atoms. The number of amides is 2. The van der Waals surface area contributed by atoms with Gasteiger partial charge in [-0.1, -0.05) is 92.4 Å². The van der Waals surface area contributed by atoms with E-state index in [9.17, 15) is 9.59 Å². The summed E-state index contributed by atoms with van der Waals surface area (Å²) in [4.78, 5) is 24.0. The number of hydrogen-bond donors (Lipinski definition) is 2. The van der Waals surface area contributed by atoms with E-state index in [0.717, 1.165) is 17.5 Å². The minimum absolute atomic E-state index is 0.0161. The van der Waals surface area contributed by atoms with Crippen molar-refractivity contribution >= 4 is 22.6 Å². The first kappa shape index (κ1) is 20.1. The molecule has 4 nitrogen and oxygen atoms in total. The van der Waals surface area contributed by atoms with Crippen molar-refractivity contribution in [3.05, 3.63) is 72.3 Å². The number of carbonyl (C=O) groups is 2. The number of nitrogens with one attached hydrogen (secondary N) is 1. The first-order valence-electron chi connectivity index (χ1n) is 10.8. The number of benzene rings is 3. The molecule has 1 atom stereocenters. The second-order valence-corrected chi connectivity index (χ2v) is 8.27. The Labute approximate surface area is 177 Å². The molecule has 4 rings (SSSR count). The van der Waals surface area contributed by atoms with Crippen molar-refractivity contribution in [2.45, 2.75) is 38.0 Å². The fourth-order valence-corrected chi connectivity index (χ4v) is 4.70. The predicted molar refractivity (Wildman–Crippen MR) is 121 cm³/mol. The molecule has 1 aliphatic carbocycles. The largest absolute Gasteiger partial charge is 0.352 e. The van der Waals surface area contributed by atoms with Crippen LogP contribution in [-0.2, 0) is 4.79 Å². The molecule has 2 amide bonds. The summed E-state index contributed by atoms with van der Waals surface area (Å²) in [5, 5.41) is 4.90. The third kappa shape index (κ3) is 4.54. The van der Waals surface area contributed by atoms with Gasteiger partial charge >= 0.3 is 6.03 Å². The van der Waals surface area contributed by atoms with Crippen LogP contribution in [0.25, 0.3) is 21.9 Å². The summed E-state index contributed by atoms with van der Waals surface area (Å²) < 4.78 is 0. The maximum absolute atomic E-state index is 12.9. The van der Waals surface area contributed by atoms with Gasteiger partial charge in [-0.05, 0) is 39.8 Å². The zero-order valence-corrected chi connectivity index (χ0v) is 17.1. The van der Waals surface area contributed by atoms with Gasteiger partial charge in [0.1, 0.15) is 0 Å². The molecule has 30 heavy (non-hydrogen) atoms. The number of carbonyl (C=O) groups excluding carboxylic acids is 2. The van der Waals surface area contributed by atoms with E-state index in [4.69, 9.17) is 5.73 Å². The third-order valence-corrected chi connectivity index (χ3v) is 6.28. The van der Waals surface area contributed by atoms with E-state index in [0.29, 0.717) is 5.92 Å². The van der Waals surface area contributed by atoms with E-state index in [1.54, 1.807) is 0 Å². The number of ketones is 1. The zero-order valence-electron chi connectivity index (χ0n) is 17.1. The van der Waals surface area contributed by atoms with Gasteiger partial charge in [0.05, 0.1) is 6.54 Å². The van der Waals surface area contributed by atoms with Gasteiger partial charge < -0.3 is 11.1 Å². The molecule has 0 aromatic heterocycles. The van der Waals surface area contributed by atoms with Crippen molar-refractivity contribution in [3.63, 3.8) is 0 Å². The van der Waals surface area contributed by atoms with Gasteiger partial charge in [-0.15, -0.1) is 0 Å². The Bertz CT molecular complexity index is 1030. The predicted octanol–water partition coefficient (Wildman–Crippen LogP) is 5.41. The summed E-state index contributed by atoms with van der Waals surface area (Å²) in [5.41, 5.74) is 8.51. The monoisotopic (exact) mass is 400 g/mol. The number of nitrogens with two attached hydrogens (primary N) is 1. The highest BCUT2D eigenvalue weighted by Gasteiger charge is 2.26. The van der Waals surface area contributed by atoms with Gasteiger partial charge in [0.15, 0.2) is 5.78 Å². The molecule has 3 aromatic rings. The summed E-state index contributed by atoms with van der Waals surface area (Å²) in [5.74, 6) is 0.394. The summed E-state index contributed by atoms with van der Waals surface area (Å²) in [6, 6.07) is 22.4. The average molecular weight is 401 g/mol.